The van der Waals surface area contributed by atoms with Gasteiger partial charge in [0.15, 0.2) is 17.3 Å². The van der Waals surface area contributed by atoms with Crippen molar-refractivity contribution in [3.05, 3.63) is 65.2 Å². The van der Waals surface area contributed by atoms with E-state index in [0.29, 0.717) is 12.2 Å². The van der Waals surface area contributed by atoms with E-state index >= 15 is 0 Å². The van der Waals surface area contributed by atoms with E-state index in [2.05, 4.69) is 0 Å². The number of phenolic OH excluding ortho intramolecular Hbond substituents is 1. The molecule has 2 aromatic carbocycles. The van der Waals surface area contributed by atoms with Crippen molar-refractivity contribution in [1.29, 1.82) is 0 Å². The lowest BCUT2D eigenvalue weighted by Gasteiger charge is -2.06. The van der Waals surface area contributed by atoms with Gasteiger partial charge in [0.1, 0.15) is 11.6 Å². The largest absolute Gasteiger partial charge is 0.504 e. The Balaban J connectivity index is 2.25. The molecule has 0 unspecified atom stereocenters. The SMILES string of the molecule is CCOc1cc(/C=C/C(=O)c2c(F)cccc2F)ccc1O. The number of halogens is 2. The number of phenols is 1. The molecule has 0 aliphatic rings. The summed E-state index contributed by atoms with van der Waals surface area (Å²) in [4.78, 5) is 11.9. The Bertz CT molecular complexity index is 704. The zero-order valence-corrected chi connectivity index (χ0v) is 11.8. The van der Waals surface area contributed by atoms with E-state index in [1.54, 1.807) is 13.0 Å². The number of allylic oxidation sites excluding steroid dienone is 1. The molecule has 0 radical (unpaired) electrons. The fourth-order valence-electron chi connectivity index (χ4n) is 1.89. The number of carbonyl (C=O) groups is 1. The van der Waals surface area contributed by atoms with Gasteiger partial charge in [-0.1, -0.05) is 18.2 Å². The molecule has 2 aromatic rings. The highest BCUT2D eigenvalue weighted by Gasteiger charge is 2.14. The van der Waals surface area contributed by atoms with E-state index < -0.39 is 23.0 Å². The van der Waals surface area contributed by atoms with Crippen LogP contribution in [0.25, 0.3) is 6.08 Å². The van der Waals surface area contributed by atoms with Crippen molar-refractivity contribution in [2.75, 3.05) is 6.61 Å². The fourth-order valence-corrected chi connectivity index (χ4v) is 1.89. The maximum absolute atomic E-state index is 13.5. The second-order valence-electron chi connectivity index (χ2n) is 4.45. The second kappa shape index (κ2) is 6.85. The van der Waals surface area contributed by atoms with Crippen LogP contribution in [0.1, 0.15) is 22.8 Å². The van der Waals surface area contributed by atoms with E-state index in [0.717, 1.165) is 18.2 Å². The molecule has 0 saturated heterocycles. The van der Waals surface area contributed by atoms with E-state index in [4.69, 9.17) is 4.74 Å². The van der Waals surface area contributed by atoms with Crippen molar-refractivity contribution in [2.24, 2.45) is 0 Å². The molecule has 0 spiro atoms. The molecule has 0 aliphatic carbocycles. The van der Waals surface area contributed by atoms with Crippen molar-refractivity contribution in [1.82, 2.24) is 0 Å². The highest BCUT2D eigenvalue weighted by Crippen LogP contribution is 2.27. The van der Waals surface area contributed by atoms with Crippen molar-refractivity contribution in [3.63, 3.8) is 0 Å². The summed E-state index contributed by atoms with van der Waals surface area (Å²) >= 11 is 0. The van der Waals surface area contributed by atoms with Gasteiger partial charge in [0.05, 0.1) is 12.2 Å². The lowest BCUT2D eigenvalue weighted by molar-refractivity contribution is 0.104. The molecule has 0 bridgehead atoms. The Labute approximate surface area is 126 Å². The molecule has 1 N–H and O–H groups in total. The maximum atomic E-state index is 13.5. The smallest absolute Gasteiger partial charge is 0.191 e. The Kier molecular flexibility index (Phi) is 4.88. The molecule has 0 atom stereocenters. The van der Waals surface area contributed by atoms with Gasteiger partial charge in [-0.3, -0.25) is 4.79 Å². The lowest BCUT2D eigenvalue weighted by Crippen LogP contribution is -2.02. The number of benzene rings is 2. The summed E-state index contributed by atoms with van der Waals surface area (Å²) in [7, 11) is 0. The predicted molar refractivity (Wildman–Crippen MR) is 79.0 cm³/mol. The molecule has 3 nitrogen and oxygen atoms in total. The summed E-state index contributed by atoms with van der Waals surface area (Å²) in [5.74, 6) is -2.34. The van der Waals surface area contributed by atoms with Crippen molar-refractivity contribution in [2.45, 2.75) is 6.92 Å². The van der Waals surface area contributed by atoms with Crippen LogP contribution in [0.2, 0.25) is 0 Å². The van der Waals surface area contributed by atoms with Gasteiger partial charge in [-0.05, 0) is 42.8 Å². The predicted octanol–water partition coefficient (Wildman–Crippen LogP) is 3.97. The topological polar surface area (TPSA) is 46.5 Å². The van der Waals surface area contributed by atoms with Gasteiger partial charge >= 0.3 is 0 Å². The van der Waals surface area contributed by atoms with Gasteiger partial charge in [-0.2, -0.15) is 0 Å². The number of rotatable bonds is 5. The zero-order chi connectivity index (χ0) is 16.1. The first kappa shape index (κ1) is 15.7. The normalized spacial score (nSPS) is 10.9. The average molecular weight is 304 g/mol. The van der Waals surface area contributed by atoms with Crippen molar-refractivity contribution >= 4 is 11.9 Å². The van der Waals surface area contributed by atoms with Crippen LogP contribution in [-0.4, -0.2) is 17.5 Å². The third-order valence-electron chi connectivity index (χ3n) is 2.92. The molecule has 0 aromatic heterocycles. The Hall–Kier alpha value is -2.69. The van der Waals surface area contributed by atoms with Gasteiger partial charge in [-0.15, -0.1) is 0 Å². The van der Waals surface area contributed by atoms with Gasteiger partial charge in [0.2, 0.25) is 0 Å². The number of hydrogen-bond acceptors (Lipinski definition) is 3. The highest BCUT2D eigenvalue weighted by molar-refractivity contribution is 6.07. The molecule has 0 amide bonds. The van der Waals surface area contributed by atoms with E-state index in [-0.39, 0.29) is 11.5 Å². The number of ether oxygens (including phenoxy) is 1. The summed E-state index contributed by atoms with van der Waals surface area (Å²) in [6, 6.07) is 7.74. The van der Waals surface area contributed by atoms with Crippen molar-refractivity contribution < 1.29 is 23.4 Å². The summed E-state index contributed by atoms with van der Waals surface area (Å²) in [5, 5.41) is 9.58. The minimum atomic E-state index is -0.907. The third kappa shape index (κ3) is 3.49. The first-order chi connectivity index (χ1) is 10.5. The molecule has 0 aliphatic heterocycles. The Morgan fingerprint density at radius 2 is 1.91 bits per heavy atom. The molecule has 114 valence electrons. The van der Waals surface area contributed by atoms with E-state index in [1.807, 2.05) is 0 Å². The average Bonchev–Trinajstić information content (AvgIpc) is 2.48. The summed E-state index contributed by atoms with van der Waals surface area (Å²) in [6.45, 7) is 2.15. The van der Waals surface area contributed by atoms with Crippen LogP contribution in [0.5, 0.6) is 11.5 Å². The highest BCUT2D eigenvalue weighted by atomic mass is 19.1. The van der Waals surface area contributed by atoms with Crippen LogP contribution >= 0.6 is 0 Å². The number of carbonyl (C=O) groups excluding carboxylic acids is 1. The Morgan fingerprint density at radius 3 is 2.55 bits per heavy atom. The quantitative estimate of drug-likeness (QED) is 0.671. The first-order valence-corrected chi connectivity index (χ1v) is 6.65. The number of hydrogen-bond donors (Lipinski definition) is 1. The second-order valence-corrected chi connectivity index (χ2v) is 4.45. The first-order valence-electron chi connectivity index (χ1n) is 6.65. The van der Waals surface area contributed by atoms with Crippen LogP contribution in [0.3, 0.4) is 0 Å². The molecule has 0 fully saturated rings. The molecule has 22 heavy (non-hydrogen) atoms. The maximum Gasteiger partial charge on any atom is 0.191 e. The van der Waals surface area contributed by atoms with Crippen molar-refractivity contribution in [3.8, 4) is 11.5 Å². The molecule has 5 heteroatoms. The van der Waals surface area contributed by atoms with Gasteiger partial charge < -0.3 is 9.84 Å². The molecule has 0 heterocycles. The molecule has 0 saturated carbocycles. The number of ketones is 1. The lowest BCUT2D eigenvalue weighted by atomic mass is 10.1. The number of aromatic hydroxyl groups is 1. The standard InChI is InChI=1S/C17H14F2O3/c1-2-22-16-10-11(6-8-14(16)20)7-9-15(21)17-12(18)4-3-5-13(17)19/h3-10,20H,2H2,1H3/b9-7+. The van der Waals surface area contributed by atoms with Gasteiger partial charge in [-0.25, -0.2) is 8.78 Å². The van der Waals surface area contributed by atoms with Crippen LogP contribution in [-0.2, 0) is 0 Å². The summed E-state index contributed by atoms with van der Waals surface area (Å²) < 4.78 is 32.2. The van der Waals surface area contributed by atoms with Crippen LogP contribution in [0, 0.1) is 11.6 Å². The molecule has 2 rings (SSSR count). The monoisotopic (exact) mass is 304 g/mol. The summed E-state index contributed by atoms with van der Waals surface area (Å²) in [6.07, 6.45) is 2.47. The minimum absolute atomic E-state index is 0.0227. The van der Waals surface area contributed by atoms with Crippen LogP contribution in [0.4, 0.5) is 8.78 Å². The van der Waals surface area contributed by atoms with Crippen LogP contribution < -0.4 is 4.74 Å². The van der Waals surface area contributed by atoms with E-state index in [9.17, 15) is 18.7 Å². The van der Waals surface area contributed by atoms with E-state index in [1.165, 1.54) is 24.3 Å². The summed E-state index contributed by atoms with van der Waals surface area (Å²) in [5.41, 5.74) is -0.0334. The fraction of sp³-hybridized carbons (Fsp3) is 0.118. The molecular formula is C17H14F2O3. The van der Waals surface area contributed by atoms with Gasteiger partial charge in [0, 0.05) is 0 Å². The minimum Gasteiger partial charge on any atom is -0.504 e. The third-order valence-corrected chi connectivity index (χ3v) is 2.92. The van der Waals surface area contributed by atoms with Gasteiger partial charge in [0.25, 0.3) is 0 Å². The zero-order valence-electron chi connectivity index (χ0n) is 11.8. The molecular weight excluding hydrogens is 290 g/mol. The van der Waals surface area contributed by atoms with Crippen LogP contribution in [0.15, 0.2) is 42.5 Å². The Morgan fingerprint density at radius 1 is 1.23 bits per heavy atom.